The summed E-state index contributed by atoms with van der Waals surface area (Å²) in [4.78, 5) is 12.2. The Labute approximate surface area is 127 Å². The van der Waals surface area contributed by atoms with Gasteiger partial charge in [0.15, 0.2) is 0 Å². The Morgan fingerprint density at radius 1 is 1.14 bits per heavy atom. The second-order valence-corrected chi connectivity index (χ2v) is 6.67. The Bertz CT molecular complexity index is 488. The molecule has 1 saturated carbocycles. The highest BCUT2D eigenvalue weighted by atomic mass is 16.2. The van der Waals surface area contributed by atoms with Crippen molar-refractivity contribution in [1.29, 1.82) is 0 Å². The lowest BCUT2D eigenvalue weighted by atomic mass is 9.95. The number of fused-ring (bicyclic) bond motifs is 1. The van der Waals surface area contributed by atoms with Crippen LogP contribution in [0.5, 0.6) is 0 Å². The molecule has 3 N–H and O–H groups in total. The first-order valence-corrected chi connectivity index (χ1v) is 8.46. The molecule has 4 nitrogen and oxygen atoms in total. The van der Waals surface area contributed by atoms with Gasteiger partial charge in [0.2, 0.25) is 5.91 Å². The predicted octanol–water partition coefficient (Wildman–Crippen LogP) is 2.66. The summed E-state index contributed by atoms with van der Waals surface area (Å²) in [5.41, 5.74) is 8.81. The molecule has 4 heteroatoms. The van der Waals surface area contributed by atoms with Crippen LogP contribution in [0, 0.1) is 0 Å². The van der Waals surface area contributed by atoms with Gasteiger partial charge in [-0.2, -0.15) is 0 Å². The van der Waals surface area contributed by atoms with Gasteiger partial charge in [-0.1, -0.05) is 25.7 Å². The first-order chi connectivity index (χ1) is 10.2. The Morgan fingerprint density at radius 2 is 1.90 bits per heavy atom. The highest BCUT2D eigenvalue weighted by molar-refractivity contribution is 5.76. The zero-order chi connectivity index (χ0) is 14.7. The van der Waals surface area contributed by atoms with E-state index in [2.05, 4.69) is 17.7 Å². The lowest BCUT2D eigenvalue weighted by molar-refractivity contribution is -0.122. The fraction of sp³-hybridized carbons (Fsp3) is 0.706. The van der Waals surface area contributed by atoms with E-state index in [-0.39, 0.29) is 11.9 Å². The molecule has 1 fully saturated rings. The standard InChI is InChI=1S/C17H27N3O/c18-16-9-5-4-6-13-10-20(11-15(13)16)12-17(21)19-14-7-2-1-3-8-14/h10-11,14,16H,1-9,12,18H2,(H,19,21). The number of carbonyl (C=O) groups is 1. The number of nitrogens with one attached hydrogen (secondary N) is 1. The Balaban J connectivity index is 1.59. The number of nitrogens with zero attached hydrogens (tertiary/aromatic N) is 1. The number of nitrogens with two attached hydrogens (primary N) is 1. The van der Waals surface area contributed by atoms with E-state index < -0.39 is 0 Å². The summed E-state index contributed by atoms with van der Waals surface area (Å²) in [7, 11) is 0. The Kier molecular flexibility index (Phi) is 4.63. The number of rotatable bonds is 3. The second kappa shape index (κ2) is 6.65. The number of aryl methyl sites for hydroxylation is 1. The highest BCUT2D eigenvalue weighted by Crippen LogP contribution is 2.27. The molecule has 1 atom stereocenters. The van der Waals surface area contributed by atoms with Crippen LogP contribution < -0.4 is 11.1 Å². The minimum absolute atomic E-state index is 0.139. The zero-order valence-electron chi connectivity index (χ0n) is 12.8. The molecule has 1 amide bonds. The molecule has 1 aromatic rings. The zero-order valence-corrected chi connectivity index (χ0v) is 12.8. The second-order valence-electron chi connectivity index (χ2n) is 6.67. The van der Waals surface area contributed by atoms with Gasteiger partial charge in [-0.3, -0.25) is 4.79 Å². The maximum atomic E-state index is 12.2. The molecule has 1 heterocycles. The monoisotopic (exact) mass is 289 g/mol. The number of aromatic nitrogens is 1. The van der Waals surface area contributed by atoms with E-state index in [0.29, 0.717) is 12.6 Å². The summed E-state index contributed by atoms with van der Waals surface area (Å²) >= 11 is 0. The average Bonchev–Trinajstić information content (AvgIpc) is 2.79. The molecule has 116 valence electrons. The van der Waals surface area contributed by atoms with Gasteiger partial charge in [0, 0.05) is 24.5 Å². The maximum absolute atomic E-state index is 12.2. The lowest BCUT2D eigenvalue weighted by Crippen LogP contribution is -2.38. The van der Waals surface area contributed by atoms with Crippen molar-refractivity contribution < 1.29 is 4.79 Å². The average molecular weight is 289 g/mol. The number of hydrogen-bond donors (Lipinski definition) is 2. The summed E-state index contributed by atoms with van der Waals surface area (Å²) < 4.78 is 2.02. The van der Waals surface area contributed by atoms with Crippen LogP contribution in [0.4, 0.5) is 0 Å². The summed E-state index contributed by atoms with van der Waals surface area (Å²) in [6.07, 6.45) is 14.9. The first kappa shape index (κ1) is 14.6. The van der Waals surface area contributed by atoms with Crippen LogP contribution in [0.3, 0.4) is 0 Å². The van der Waals surface area contributed by atoms with Gasteiger partial charge in [-0.05, 0) is 43.2 Å². The molecule has 3 rings (SSSR count). The van der Waals surface area contributed by atoms with Gasteiger partial charge in [0.25, 0.3) is 0 Å². The lowest BCUT2D eigenvalue weighted by Gasteiger charge is -2.22. The van der Waals surface area contributed by atoms with E-state index in [4.69, 9.17) is 5.73 Å². The number of carbonyl (C=O) groups excluding carboxylic acids is 1. The largest absolute Gasteiger partial charge is 0.352 e. The van der Waals surface area contributed by atoms with Gasteiger partial charge in [0.05, 0.1) is 0 Å². The summed E-state index contributed by atoms with van der Waals surface area (Å²) in [5, 5.41) is 3.18. The summed E-state index contributed by atoms with van der Waals surface area (Å²) in [6, 6.07) is 0.534. The van der Waals surface area contributed by atoms with Gasteiger partial charge in [0.1, 0.15) is 6.54 Å². The van der Waals surface area contributed by atoms with E-state index >= 15 is 0 Å². The molecular formula is C17H27N3O. The molecule has 2 aliphatic carbocycles. The van der Waals surface area contributed by atoms with Gasteiger partial charge in [-0.25, -0.2) is 0 Å². The van der Waals surface area contributed by atoms with Crippen molar-refractivity contribution in [1.82, 2.24) is 9.88 Å². The highest BCUT2D eigenvalue weighted by Gasteiger charge is 2.19. The van der Waals surface area contributed by atoms with Crippen LogP contribution in [-0.4, -0.2) is 16.5 Å². The fourth-order valence-corrected chi connectivity index (χ4v) is 3.73. The van der Waals surface area contributed by atoms with Crippen LogP contribution >= 0.6 is 0 Å². The van der Waals surface area contributed by atoms with Crippen molar-refractivity contribution in [3.63, 3.8) is 0 Å². The maximum Gasteiger partial charge on any atom is 0.240 e. The van der Waals surface area contributed by atoms with E-state index in [1.165, 1.54) is 43.2 Å². The van der Waals surface area contributed by atoms with Crippen LogP contribution in [0.15, 0.2) is 12.4 Å². The molecule has 21 heavy (non-hydrogen) atoms. The van der Waals surface area contributed by atoms with E-state index in [9.17, 15) is 4.79 Å². The molecular weight excluding hydrogens is 262 g/mol. The first-order valence-electron chi connectivity index (χ1n) is 8.46. The molecule has 0 spiro atoms. The van der Waals surface area contributed by atoms with Crippen molar-refractivity contribution >= 4 is 5.91 Å². The summed E-state index contributed by atoms with van der Waals surface area (Å²) in [6.45, 7) is 0.427. The number of hydrogen-bond acceptors (Lipinski definition) is 2. The minimum atomic E-state index is 0.139. The third kappa shape index (κ3) is 3.67. The molecule has 0 radical (unpaired) electrons. The molecule has 1 aromatic heterocycles. The third-order valence-electron chi connectivity index (χ3n) is 4.90. The minimum Gasteiger partial charge on any atom is -0.352 e. The fourth-order valence-electron chi connectivity index (χ4n) is 3.73. The van der Waals surface area contributed by atoms with E-state index in [1.54, 1.807) is 0 Å². The smallest absolute Gasteiger partial charge is 0.240 e. The van der Waals surface area contributed by atoms with E-state index in [1.807, 2.05) is 4.57 Å². The van der Waals surface area contributed by atoms with Crippen molar-refractivity contribution in [3.05, 3.63) is 23.5 Å². The summed E-state index contributed by atoms with van der Waals surface area (Å²) in [5.74, 6) is 0.139. The molecule has 0 aromatic carbocycles. The van der Waals surface area contributed by atoms with Crippen molar-refractivity contribution in [2.45, 2.75) is 76.4 Å². The topological polar surface area (TPSA) is 60.0 Å². The van der Waals surface area contributed by atoms with Crippen molar-refractivity contribution in [3.8, 4) is 0 Å². The quantitative estimate of drug-likeness (QED) is 0.840. The van der Waals surface area contributed by atoms with Crippen LogP contribution in [0.25, 0.3) is 0 Å². The Morgan fingerprint density at radius 3 is 2.71 bits per heavy atom. The van der Waals surface area contributed by atoms with Gasteiger partial charge in [-0.15, -0.1) is 0 Å². The van der Waals surface area contributed by atoms with Crippen molar-refractivity contribution in [2.75, 3.05) is 0 Å². The predicted molar refractivity (Wildman–Crippen MR) is 83.9 cm³/mol. The SMILES string of the molecule is NC1CCCCc2cn(CC(=O)NC3CCCCC3)cc21. The molecule has 1 unspecified atom stereocenters. The molecule has 0 bridgehead atoms. The van der Waals surface area contributed by atoms with Crippen LogP contribution in [0.1, 0.15) is 68.5 Å². The van der Waals surface area contributed by atoms with Crippen molar-refractivity contribution in [2.24, 2.45) is 5.73 Å². The van der Waals surface area contributed by atoms with E-state index in [0.717, 1.165) is 25.7 Å². The Hall–Kier alpha value is -1.29. The van der Waals surface area contributed by atoms with Crippen LogP contribution in [-0.2, 0) is 17.8 Å². The van der Waals surface area contributed by atoms with Gasteiger partial charge >= 0.3 is 0 Å². The van der Waals surface area contributed by atoms with Gasteiger partial charge < -0.3 is 15.6 Å². The number of amides is 1. The third-order valence-corrected chi connectivity index (χ3v) is 4.90. The molecule has 2 aliphatic rings. The van der Waals surface area contributed by atoms with Crippen LogP contribution in [0.2, 0.25) is 0 Å². The molecule has 0 aliphatic heterocycles. The molecule has 0 saturated heterocycles. The normalized spacial score (nSPS) is 23.4.